The fourth-order valence-electron chi connectivity index (χ4n) is 3.06. The van der Waals surface area contributed by atoms with Crippen LogP contribution < -0.4 is 4.90 Å². The molecule has 2 aromatic heterocycles. The van der Waals surface area contributed by atoms with Crippen LogP contribution in [0.5, 0.6) is 0 Å². The van der Waals surface area contributed by atoms with Crippen molar-refractivity contribution in [3.63, 3.8) is 0 Å². The molecule has 1 aromatic carbocycles. The highest BCUT2D eigenvalue weighted by Gasteiger charge is 2.19. The summed E-state index contributed by atoms with van der Waals surface area (Å²) in [5, 5.41) is 0. The molecule has 112 valence electrons. The van der Waals surface area contributed by atoms with E-state index in [-0.39, 0.29) is 0 Å². The van der Waals surface area contributed by atoms with Gasteiger partial charge in [-0.3, -0.25) is 0 Å². The molecule has 0 bridgehead atoms. The van der Waals surface area contributed by atoms with Gasteiger partial charge in [-0.05, 0) is 26.2 Å². The van der Waals surface area contributed by atoms with Crippen LogP contribution in [0.2, 0.25) is 0 Å². The van der Waals surface area contributed by atoms with Gasteiger partial charge in [0, 0.05) is 18.7 Å². The van der Waals surface area contributed by atoms with Crippen molar-refractivity contribution in [1.82, 2.24) is 19.9 Å². The van der Waals surface area contributed by atoms with Gasteiger partial charge in [0.1, 0.15) is 17.2 Å². The molecule has 4 rings (SSSR count). The summed E-state index contributed by atoms with van der Waals surface area (Å²) in [5.41, 5.74) is 2.78. The first-order valence-electron chi connectivity index (χ1n) is 7.86. The van der Waals surface area contributed by atoms with E-state index in [2.05, 4.69) is 37.0 Å². The molecule has 5 nitrogen and oxygen atoms in total. The van der Waals surface area contributed by atoms with Crippen molar-refractivity contribution in [2.24, 2.45) is 0 Å². The maximum atomic E-state index is 4.68. The number of nitrogens with one attached hydrogen (secondary N) is 1. The highest BCUT2D eigenvalue weighted by atomic mass is 15.2. The molecule has 0 unspecified atom stereocenters. The van der Waals surface area contributed by atoms with Crippen LogP contribution in [-0.4, -0.2) is 33.0 Å². The molecular weight excluding hydrogens is 274 g/mol. The molecule has 0 amide bonds. The predicted molar refractivity (Wildman–Crippen MR) is 87.9 cm³/mol. The molecule has 1 N–H and O–H groups in total. The molecular formula is C17H19N5. The zero-order valence-electron chi connectivity index (χ0n) is 12.7. The van der Waals surface area contributed by atoms with E-state index in [4.69, 9.17) is 0 Å². The summed E-state index contributed by atoms with van der Waals surface area (Å²) in [7, 11) is 0. The zero-order valence-corrected chi connectivity index (χ0v) is 12.7. The van der Waals surface area contributed by atoms with Gasteiger partial charge in [0.05, 0.1) is 0 Å². The normalized spacial score (nSPS) is 15.4. The van der Waals surface area contributed by atoms with E-state index in [9.17, 15) is 0 Å². The van der Waals surface area contributed by atoms with Gasteiger partial charge in [-0.1, -0.05) is 30.3 Å². The fraction of sp³-hybridized carbons (Fsp3) is 0.353. The Morgan fingerprint density at radius 2 is 1.73 bits per heavy atom. The van der Waals surface area contributed by atoms with Crippen molar-refractivity contribution < 1.29 is 0 Å². The predicted octanol–water partition coefficient (Wildman–Crippen LogP) is 3.32. The Hall–Kier alpha value is -2.43. The smallest absolute Gasteiger partial charge is 0.183 e. The van der Waals surface area contributed by atoms with E-state index in [1.807, 2.05) is 25.1 Å². The summed E-state index contributed by atoms with van der Waals surface area (Å²) < 4.78 is 0. The van der Waals surface area contributed by atoms with Crippen LogP contribution in [0.25, 0.3) is 22.6 Å². The lowest BCUT2D eigenvalue weighted by molar-refractivity contribution is 0.574. The molecule has 0 radical (unpaired) electrons. The average Bonchev–Trinajstić information content (AvgIpc) is 2.99. The number of aromatic amines is 1. The standard InChI is InChI=1S/C17H19N5/c1-12-18-16-14(17(19-12)22-10-6-3-7-11-22)20-15(21-16)13-8-4-2-5-9-13/h2,4-5,8-9H,3,6-7,10-11H2,1H3,(H,18,19,20,21). The maximum absolute atomic E-state index is 4.68. The van der Waals surface area contributed by atoms with Gasteiger partial charge in [0.2, 0.25) is 0 Å². The Morgan fingerprint density at radius 1 is 0.955 bits per heavy atom. The summed E-state index contributed by atoms with van der Waals surface area (Å²) in [6, 6.07) is 10.2. The van der Waals surface area contributed by atoms with Crippen LogP contribution in [0.15, 0.2) is 30.3 Å². The Balaban J connectivity index is 1.84. The third-order valence-electron chi connectivity index (χ3n) is 4.15. The number of rotatable bonds is 2. The number of hydrogen-bond donors (Lipinski definition) is 1. The van der Waals surface area contributed by atoms with E-state index in [1.165, 1.54) is 19.3 Å². The summed E-state index contributed by atoms with van der Waals surface area (Å²) in [5.74, 6) is 2.63. The van der Waals surface area contributed by atoms with Crippen molar-refractivity contribution in [2.45, 2.75) is 26.2 Å². The third-order valence-corrected chi connectivity index (χ3v) is 4.15. The van der Waals surface area contributed by atoms with Gasteiger partial charge >= 0.3 is 0 Å². The quantitative estimate of drug-likeness (QED) is 0.787. The number of hydrogen-bond acceptors (Lipinski definition) is 4. The number of nitrogens with zero attached hydrogens (tertiary/aromatic N) is 4. The first kappa shape index (κ1) is 13.2. The van der Waals surface area contributed by atoms with Crippen molar-refractivity contribution in [3.8, 4) is 11.4 Å². The van der Waals surface area contributed by atoms with E-state index in [0.29, 0.717) is 0 Å². The van der Waals surface area contributed by atoms with Gasteiger partial charge in [0.25, 0.3) is 0 Å². The second-order valence-corrected chi connectivity index (χ2v) is 5.79. The summed E-state index contributed by atoms with van der Waals surface area (Å²) >= 11 is 0. The van der Waals surface area contributed by atoms with Crippen LogP contribution in [0.4, 0.5) is 5.82 Å². The first-order valence-corrected chi connectivity index (χ1v) is 7.86. The number of H-pyrrole nitrogens is 1. The summed E-state index contributed by atoms with van der Waals surface area (Å²) in [6.45, 7) is 4.06. The Kier molecular flexibility index (Phi) is 3.25. The monoisotopic (exact) mass is 293 g/mol. The number of aryl methyl sites for hydroxylation is 1. The summed E-state index contributed by atoms with van der Waals surface area (Å²) in [4.78, 5) is 19.6. The molecule has 1 fully saturated rings. The average molecular weight is 293 g/mol. The molecule has 5 heteroatoms. The SMILES string of the molecule is Cc1nc(N2CCCCC2)c2[nH]c(-c3ccccc3)nc2n1. The van der Waals surface area contributed by atoms with Gasteiger partial charge in [-0.15, -0.1) is 0 Å². The van der Waals surface area contributed by atoms with Gasteiger partial charge in [0.15, 0.2) is 11.5 Å². The minimum Gasteiger partial charge on any atom is -0.355 e. The van der Waals surface area contributed by atoms with Crippen molar-refractivity contribution in [2.75, 3.05) is 18.0 Å². The van der Waals surface area contributed by atoms with Crippen LogP contribution >= 0.6 is 0 Å². The van der Waals surface area contributed by atoms with Crippen LogP contribution in [0.3, 0.4) is 0 Å². The molecule has 1 saturated heterocycles. The number of imidazole rings is 1. The molecule has 3 heterocycles. The number of benzene rings is 1. The number of aromatic nitrogens is 4. The maximum Gasteiger partial charge on any atom is 0.183 e. The third kappa shape index (κ3) is 2.32. The zero-order chi connectivity index (χ0) is 14.9. The van der Waals surface area contributed by atoms with E-state index in [1.54, 1.807) is 0 Å². The topological polar surface area (TPSA) is 57.7 Å². The van der Waals surface area contributed by atoms with E-state index in [0.717, 1.165) is 47.3 Å². The van der Waals surface area contributed by atoms with Crippen LogP contribution in [-0.2, 0) is 0 Å². The lowest BCUT2D eigenvalue weighted by Crippen LogP contribution is -2.30. The van der Waals surface area contributed by atoms with E-state index < -0.39 is 0 Å². The summed E-state index contributed by atoms with van der Waals surface area (Å²) in [6.07, 6.45) is 3.76. The molecule has 0 aliphatic carbocycles. The number of fused-ring (bicyclic) bond motifs is 1. The Morgan fingerprint density at radius 3 is 2.50 bits per heavy atom. The second-order valence-electron chi connectivity index (χ2n) is 5.79. The molecule has 3 aromatic rings. The molecule has 0 atom stereocenters. The van der Waals surface area contributed by atoms with Gasteiger partial charge in [-0.25, -0.2) is 15.0 Å². The second kappa shape index (κ2) is 5.40. The van der Waals surface area contributed by atoms with Crippen LogP contribution in [0.1, 0.15) is 25.1 Å². The Bertz CT molecular complexity index is 787. The van der Waals surface area contributed by atoms with Gasteiger partial charge in [-0.2, -0.15) is 0 Å². The van der Waals surface area contributed by atoms with Crippen molar-refractivity contribution >= 4 is 17.0 Å². The Labute approximate surface area is 129 Å². The van der Waals surface area contributed by atoms with Crippen molar-refractivity contribution in [1.29, 1.82) is 0 Å². The molecule has 1 aliphatic rings. The van der Waals surface area contributed by atoms with E-state index >= 15 is 0 Å². The molecule has 22 heavy (non-hydrogen) atoms. The molecule has 0 spiro atoms. The molecule has 1 aliphatic heterocycles. The van der Waals surface area contributed by atoms with Crippen molar-refractivity contribution in [3.05, 3.63) is 36.2 Å². The largest absolute Gasteiger partial charge is 0.355 e. The fourth-order valence-corrected chi connectivity index (χ4v) is 3.06. The highest BCUT2D eigenvalue weighted by Crippen LogP contribution is 2.27. The number of anilines is 1. The number of piperidine rings is 1. The van der Waals surface area contributed by atoms with Gasteiger partial charge < -0.3 is 9.88 Å². The minimum atomic E-state index is 0.756. The van der Waals surface area contributed by atoms with Crippen LogP contribution in [0, 0.1) is 6.92 Å². The highest BCUT2D eigenvalue weighted by molar-refractivity contribution is 5.86. The lowest BCUT2D eigenvalue weighted by Gasteiger charge is -2.27. The lowest BCUT2D eigenvalue weighted by atomic mass is 10.1. The first-order chi connectivity index (χ1) is 10.8. The minimum absolute atomic E-state index is 0.756. The molecule has 0 saturated carbocycles.